The van der Waals surface area contributed by atoms with Crippen LogP contribution in [-0.2, 0) is 4.74 Å². The molecule has 0 aliphatic heterocycles. The van der Waals surface area contributed by atoms with Gasteiger partial charge in [0.05, 0.1) is 6.26 Å². The van der Waals surface area contributed by atoms with Gasteiger partial charge in [0.15, 0.2) is 6.67 Å². The molecule has 0 radical (unpaired) electrons. The summed E-state index contributed by atoms with van der Waals surface area (Å²) in [6, 6.07) is 0. The number of hydrogen-bond acceptors (Lipinski definition) is 1. The van der Waals surface area contributed by atoms with E-state index in [-0.39, 0.29) is 6.26 Å². The molecule has 0 aromatic carbocycles. The van der Waals surface area contributed by atoms with E-state index < -0.39 is 18.7 Å². The lowest BCUT2D eigenvalue weighted by Crippen LogP contribution is -2.43. The molecular formula is C5H5F5O. The molecule has 0 rings (SSSR count). The summed E-state index contributed by atoms with van der Waals surface area (Å²) in [5.74, 6) is -4.80. The van der Waals surface area contributed by atoms with Gasteiger partial charge in [0, 0.05) is 0 Å². The molecule has 0 aromatic rings. The Morgan fingerprint density at radius 2 is 1.73 bits per heavy atom. The third-order valence-electron chi connectivity index (χ3n) is 0.825. The first kappa shape index (κ1) is 10.2. The van der Waals surface area contributed by atoms with Gasteiger partial charge in [0.2, 0.25) is 0 Å². The van der Waals surface area contributed by atoms with Crippen molar-refractivity contribution in [2.45, 2.75) is 12.0 Å². The molecule has 0 atom stereocenters. The average Bonchev–Trinajstić information content (AvgIpc) is 1.87. The minimum atomic E-state index is -4.83. The zero-order valence-corrected chi connectivity index (χ0v) is 5.29. The molecule has 0 saturated carbocycles. The maximum atomic E-state index is 11.9. The number of halogens is 5. The van der Waals surface area contributed by atoms with Crippen molar-refractivity contribution in [3.8, 4) is 0 Å². The minimum absolute atomic E-state index is 0.129. The molecule has 0 N–H and O–H groups in total. The third kappa shape index (κ3) is 2.06. The molecule has 11 heavy (non-hydrogen) atoms. The normalized spacial score (nSPS) is 12.8. The van der Waals surface area contributed by atoms with Crippen molar-refractivity contribution in [2.75, 3.05) is 6.67 Å². The number of alkyl halides is 5. The van der Waals surface area contributed by atoms with E-state index >= 15 is 0 Å². The standard InChI is InChI=1S/C5H5F5O/c1-2-11-5(9,10)4(7,8)3-6/h2H,1,3H2. The Morgan fingerprint density at radius 1 is 1.27 bits per heavy atom. The number of ether oxygens (including phenoxy) is 1. The Kier molecular flexibility index (Phi) is 2.84. The van der Waals surface area contributed by atoms with Gasteiger partial charge >= 0.3 is 12.0 Å². The molecule has 0 aromatic heterocycles. The topological polar surface area (TPSA) is 9.23 Å². The van der Waals surface area contributed by atoms with Crippen LogP contribution in [0.2, 0.25) is 0 Å². The van der Waals surface area contributed by atoms with Crippen LogP contribution in [0.3, 0.4) is 0 Å². The summed E-state index contributed by atoms with van der Waals surface area (Å²) >= 11 is 0. The number of hydrogen-bond donors (Lipinski definition) is 0. The first-order chi connectivity index (χ1) is 4.87. The van der Waals surface area contributed by atoms with E-state index in [4.69, 9.17) is 0 Å². The van der Waals surface area contributed by atoms with E-state index in [1.165, 1.54) is 0 Å². The molecule has 66 valence electrons. The fourth-order valence-electron chi connectivity index (χ4n) is 0.269. The highest BCUT2D eigenvalue weighted by Gasteiger charge is 2.59. The summed E-state index contributed by atoms with van der Waals surface area (Å²) in [4.78, 5) is 0. The second-order valence-electron chi connectivity index (χ2n) is 1.64. The van der Waals surface area contributed by atoms with Crippen molar-refractivity contribution in [1.82, 2.24) is 0 Å². The average molecular weight is 176 g/mol. The summed E-state index contributed by atoms with van der Waals surface area (Å²) in [6.45, 7) is 0.157. The molecule has 0 spiro atoms. The third-order valence-corrected chi connectivity index (χ3v) is 0.825. The Balaban J connectivity index is 4.38. The predicted octanol–water partition coefficient (Wildman–Crippen LogP) is 2.34. The highest BCUT2D eigenvalue weighted by atomic mass is 19.3. The van der Waals surface area contributed by atoms with Gasteiger partial charge in [-0.15, -0.1) is 0 Å². The van der Waals surface area contributed by atoms with Crippen LogP contribution in [0.25, 0.3) is 0 Å². The van der Waals surface area contributed by atoms with E-state index in [1.54, 1.807) is 0 Å². The fraction of sp³-hybridized carbons (Fsp3) is 0.600. The van der Waals surface area contributed by atoms with Crippen molar-refractivity contribution in [3.63, 3.8) is 0 Å². The van der Waals surface area contributed by atoms with Gasteiger partial charge in [-0.2, -0.15) is 17.6 Å². The largest absolute Gasteiger partial charge is 0.466 e. The zero-order valence-electron chi connectivity index (χ0n) is 5.29. The van der Waals surface area contributed by atoms with E-state index in [2.05, 4.69) is 11.3 Å². The van der Waals surface area contributed by atoms with Gasteiger partial charge in [0.1, 0.15) is 0 Å². The number of rotatable bonds is 4. The molecule has 0 aliphatic rings. The van der Waals surface area contributed by atoms with Gasteiger partial charge in [0.25, 0.3) is 0 Å². The summed E-state index contributed by atoms with van der Waals surface area (Å²) < 4.78 is 61.8. The molecule has 1 nitrogen and oxygen atoms in total. The van der Waals surface area contributed by atoms with Crippen LogP contribution in [0.15, 0.2) is 12.8 Å². The van der Waals surface area contributed by atoms with Gasteiger partial charge in [-0.05, 0) is 0 Å². The Labute approximate surface area is 59.5 Å². The second-order valence-corrected chi connectivity index (χ2v) is 1.64. The Bertz CT molecular complexity index is 144. The SMILES string of the molecule is C=COC(F)(F)C(F)(F)CF. The van der Waals surface area contributed by atoms with Gasteiger partial charge in [-0.25, -0.2) is 4.39 Å². The van der Waals surface area contributed by atoms with Gasteiger partial charge in [-0.1, -0.05) is 6.58 Å². The monoisotopic (exact) mass is 176 g/mol. The quantitative estimate of drug-likeness (QED) is 0.471. The Hall–Kier alpha value is -0.810. The van der Waals surface area contributed by atoms with E-state index in [1.807, 2.05) is 0 Å². The lowest BCUT2D eigenvalue weighted by atomic mass is 10.3. The van der Waals surface area contributed by atoms with Crippen LogP contribution < -0.4 is 0 Å². The van der Waals surface area contributed by atoms with Crippen molar-refractivity contribution < 1.29 is 26.7 Å². The maximum absolute atomic E-state index is 11.9. The van der Waals surface area contributed by atoms with Crippen LogP contribution in [0.5, 0.6) is 0 Å². The zero-order chi connectivity index (χ0) is 9.12. The summed E-state index contributed by atoms with van der Waals surface area (Å²) in [5.41, 5.74) is 0. The first-order valence-corrected chi connectivity index (χ1v) is 2.47. The van der Waals surface area contributed by atoms with Crippen molar-refractivity contribution in [1.29, 1.82) is 0 Å². The molecule has 0 fully saturated rings. The Morgan fingerprint density at radius 3 is 2.00 bits per heavy atom. The van der Waals surface area contributed by atoms with Gasteiger partial charge in [-0.3, -0.25) is 0 Å². The highest BCUT2D eigenvalue weighted by Crippen LogP contribution is 2.35. The van der Waals surface area contributed by atoms with Crippen LogP contribution in [0.4, 0.5) is 22.0 Å². The second kappa shape index (κ2) is 3.06. The van der Waals surface area contributed by atoms with E-state index in [0.29, 0.717) is 0 Å². The summed E-state index contributed by atoms with van der Waals surface area (Å²) in [5, 5.41) is 0. The molecule has 0 aliphatic carbocycles. The van der Waals surface area contributed by atoms with Crippen molar-refractivity contribution in [2.24, 2.45) is 0 Å². The van der Waals surface area contributed by atoms with E-state index in [9.17, 15) is 22.0 Å². The fourth-order valence-corrected chi connectivity index (χ4v) is 0.269. The van der Waals surface area contributed by atoms with Crippen LogP contribution in [-0.4, -0.2) is 18.7 Å². The summed E-state index contributed by atoms with van der Waals surface area (Å²) in [7, 11) is 0. The lowest BCUT2D eigenvalue weighted by Gasteiger charge is -2.21. The first-order valence-electron chi connectivity index (χ1n) is 2.47. The molecule has 0 amide bonds. The predicted molar refractivity (Wildman–Crippen MR) is 27.2 cm³/mol. The van der Waals surface area contributed by atoms with E-state index in [0.717, 1.165) is 0 Å². The molecule has 0 bridgehead atoms. The minimum Gasteiger partial charge on any atom is -0.437 e. The lowest BCUT2D eigenvalue weighted by molar-refractivity contribution is -0.329. The highest BCUT2D eigenvalue weighted by molar-refractivity contribution is 4.77. The maximum Gasteiger partial charge on any atom is 0.466 e. The van der Waals surface area contributed by atoms with Crippen LogP contribution >= 0.6 is 0 Å². The molecule has 0 saturated heterocycles. The molecule has 6 heteroatoms. The van der Waals surface area contributed by atoms with Crippen LogP contribution in [0, 0.1) is 0 Å². The molecular weight excluding hydrogens is 171 g/mol. The van der Waals surface area contributed by atoms with Crippen LogP contribution in [0.1, 0.15) is 0 Å². The summed E-state index contributed by atoms with van der Waals surface area (Å²) in [6.07, 6.45) is -4.70. The van der Waals surface area contributed by atoms with Gasteiger partial charge < -0.3 is 4.74 Å². The van der Waals surface area contributed by atoms with Crippen molar-refractivity contribution >= 4 is 0 Å². The molecule has 0 unspecified atom stereocenters. The molecule has 0 heterocycles. The smallest absolute Gasteiger partial charge is 0.437 e. The van der Waals surface area contributed by atoms with Crippen molar-refractivity contribution in [3.05, 3.63) is 12.8 Å².